The minimum absolute atomic E-state index is 0.00109. The molecule has 1 unspecified atom stereocenters. The van der Waals surface area contributed by atoms with Crippen molar-refractivity contribution >= 4 is 23.2 Å². The summed E-state index contributed by atoms with van der Waals surface area (Å²) in [5.41, 5.74) is 6.33. The smallest absolute Gasteiger partial charge is 0.261 e. The molecule has 20 heavy (non-hydrogen) atoms. The molecule has 4 N–H and O–H groups in total. The van der Waals surface area contributed by atoms with Crippen LogP contribution in [0.5, 0.6) is 0 Å². The van der Waals surface area contributed by atoms with Crippen LogP contribution >= 0.6 is 11.3 Å². The molecular formula is C14H17N3O2S. The third kappa shape index (κ3) is 3.59. The molecule has 0 aromatic carbocycles. The van der Waals surface area contributed by atoms with E-state index in [0.29, 0.717) is 30.8 Å². The quantitative estimate of drug-likeness (QED) is 0.689. The Balaban J connectivity index is 2.00. The molecule has 1 aromatic heterocycles. The maximum absolute atomic E-state index is 12.1. The zero-order valence-corrected chi connectivity index (χ0v) is 12.1. The van der Waals surface area contributed by atoms with Crippen molar-refractivity contribution in [2.75, 3.05) is 13.1 Å². The van der Waals surface area contributed by atoms with Crippen LogP contribution in [0.1, 0.15) is 33.0 Å². The third-order valence-electron chi connectivity index (χ3n) is 3.05. The lowest BCUT2D eigenvalue weighted by molar-refractivity contribution is -0.122. The van der Waals surface area contributed by atoms with Gasteiger partial charge in [-0.05, 0) is 25.0 Å². The number of carbonyl (C=O) groups excluding carboxylic acids is 2. The highest BCUT2D eigenvalue weighted by Gasteiger charge is 2.21. The van der Waals surface area contributed by atoms with Crippen LogP contribution in [0.3, 0.4) is 0 Å². The number of aryl methyl sites for hydroxylation is 1. The lowest BCUT2D eigenvalue weighted by Gasteiger charge is -2.23. The monoisotopic (exact) mass is 291 g/mol. The average Bonchev–Trinajstić information content (AvgIpc) is 2.80. The van der Waals surface area contributed by atoms with E-state index in [4.69, 9.17) is 5.73 Å². The normalized spacial score (nSPS) is 17.9. The molecule has 1 saturated heterocycles. The molecule has 2 amide bonds. The summed E-state index contributed by atoms with van der Waals surface area (Å²) in [6.07, 6.45) is 1.14. The Hall–Kier alpha value is -1.84. The Labute approximate surface area is 121 Å². The van der Waals surface area contributed by atoms with Crippen LogP contribution in [-0.2, 0) is 4.79 Å². The Morgan fingerprint density at radius 3 is 3.10 bits per heavy atom. The van der Waals surface area contributed by atoms with Crippen molar-refractivity contribution in [1.82, 2.24) is 10.6 Å². The predicted octanol–water partition coefficient (Wildman–Crippen LogP) is 0.375. The summed E-state index contributed by atoms with van der Waals surface area (Å²) >= 11 is 1.37. The van der Waals surface area contributed by atoms with Gasteiger partial charge in [-0.1, -0.05) is 11.8 Å². The molecule has 0 radical (unpaired) electrons. The number of thiophene rings is 1. The number of carbonyl (C=O) groups is 2. The van der Waals surface area contributed by atoms with Gasteiger partial charge in [-0.2, -0.15) is 0 Å². The molecule has 6 heteroatoms. The van der Waals surface area contributed by atoms with Gasteiger partial charge in [0, 0.05) is 19.0 Å². The maximum Gasteiger partial charge on any atom is 0.261 e. The summed E-state index contributed by atoms with van der Waals surface area (Å²) in [4.78, 5) is 24.7. The van der Waals surface area contributed by atoms with E-state index in [0.717, 1.165) is 10.4 Å². The van der Waals surface area contributed by atoms with Crippen molar-refractivity contribution in [2.24, 2.45) is 5.73 Å². The molecule has 1 aliphatic rings. The number of hydrogen-bond donors (Lipinski definition) is 3. The first-order valence-corrected chi connectivity index (χ1v) is 7.28. The van der Waals surface area contributed by atoms with Crippen LogP contribution in [0.25, 0.3) is 0 Å². The van der Waals surface area contributed by atoms with Crippen LogP contribution < -0.4 is 16.4 Å². The molecule has 2 heterocycles. The number of hydrogen-bond acceptors (Lipinski definition) is 4. The van der Waals surface area contributed by atoms with E-state index in [1.807, 2.05) is 13.0 Å². The molecule has 0 aliphatic carbocycles. The van der Waals surface area contributed by atoms with E-state index in [1.54, 1.807) is 0 Å². The molecule has 0 spiro atoms. The molecule has 5 nitrogen and oxygen atoms in total. The molecule has 1 fully saturated rings. The molecule has 106 valence electrons. The fourth-order valence-electron chi connectivity index (χ4n) is 1.96. The molecule has 0 saturated carbocycles. The van der Waals surface area contributed by atoms with E-state index in [2.05, 4.69) is 22.5 Å². The fourth-order valence-corrected chi connectivity index (χ4v) is 2.91. The van der Waals surface area contributed by atoms with E-state index in [9.17, 15) is 9.59 Å². The van der Waals surface area contributed by atoms with Gasteiger partial charge >= 0.3 is 0 Å². The lowest BCUT2D eigenvalue weighted by atomic mass is 10.1. The van der Waals surface area contributed by atoms with Crippen molar-refractivity contribution in [3.63, 3.8) is 0 Å². The van der Waals surface area contributed by atoms with Crippen LogP contribution in [0.15, 0.2) is 6.07 Å². The van der Waals surface area contributed by atoms with Gasteiger partial charge in [-0.25, -0.2) is 0 Å². The largest absolute Gasteiger partial charge is 0.354 e. The standard InChI is InChI=1S/C14H17N3O2S/c1-9-7-12(20-11(9)3-2-6-15)14(19)17-10-4-5-13(18)16-8-10/h7,10H,4-6,8,15H2,1H3,(H,16,18)(H,17,19). The Bertz CT molecular complexity index is 573. The van der Waals surface area contributed by atoms with Gasteiger partial charge in [0.25, 0.3) is 5.91 Å². The SMILES string of the molecule is Cc1cc(C(=O)NC2CCC(=O)NC2)sc1C#CCN. The summed E-state index contributed by atoms with van der Waals surface area (Å²) in [5, 5.41) is 5.68. The number of rotatable bonds is 2. The van der Waals surface area contributed by atoms with Crippen LogP contribution in [0, 0.1) is 18.8 Å². The highest BCUT2D eigenvalue weighted by Crippen LogP contribution is 2.21. The molecule has 1 aromatic rings. The van der Waals surface area contributed by atoms with Gasteiger partial charge in [0.05, 0.1) is 16.3 Å². The van der Waals surface area contributed by atoms with Gasteiger partial charge in [0.2, 0.25) is 5.91 Å². The second-order valence-corrected chi connectivity index (χ2v) is 5.69. The number of piperidine rings is 1. The van der Waals surface area contributed by atoms with E-state index < -0.39 is 0 Å². The van der Waals surface area contributed by atoms with E-state index >= 15 is 0 Å². The number of amides is 2. The lowest BCUT2D eigenvalue weighted by Crippen LogP contribution is -2.47. The number of nitrogens with two attached hydrogens (primary N) is 1. The predicted molar refractivity (Wildman–Crippen MR) is 78.5 cm³/mol. The van der Waals surface area contributed by atoms with E-state index in [1.165, 1.54) is 11.3 Å². The van der Waals surface area contributed by atoms with Crippen LogP contribution in [0.4, 0.5) is 0 Å². The van der Waals surface area contributed by atoms with Crippen molar-refractivity contribution < 1.29 is 9.59 Å². The highest BCUT2D eigenvalue weighted by molar-refractivity contribution is 7.14. The van der Waals surface area contributed by atoms with Gasteiger partial charge in [0.15, 0.2) is 0 Å². The van der Waals surface area contributed by atoms with Gasteiger partial charge in [0.1, 0.15) is 0 Å². The summed E-state index contributed by atoms with van der Waals surface area (Å²) in [6, 6.07) is 1.84. The Kier molecular flexibility index (Phi) is 4.77. The van der Waals surface area contributed by atoms with Gasteiger partial charge in [-0.15, -0.1) is 11.3 Å². The van der Waals surface area contributed by atoms with Crippen molar-refractivity contribution in [2.45, 2.75) is 25.8 Å². The van der Waals surface area contributed by atoms with Crippen molar-refractivity contribution in [3.05, 3.63) is 21.4 Å². The fraction of sp³-hybridized carbons (Fsp3) is 0.429. The third-order valence-corrected chi connectivity index (χ3v) is 4.20. The molecule has 0 bridgehead atoms. The molecular weight excluding hydrogens is 274 g/mol. The van der Waals surface area contributed by atoms with Crippen LogP contribution in [0.2, 0.25) is 0 Å². The second kappa shape index (κ2) is 6.55. The summed E-state index contributed by atoms with van der Waals surface area (Å²) in [6.45, 7) is 2.73. The molecule has 1 atom stereocenters. The minimum Gasteiger partial charge on any atom is -0.354 e. The minimum atomic E-state index is -0.111. The molecule has 2 rings (SSSR count). The van der Waals surface area contributed by atoms with Crippen molar-refractivity contribution in [3.8, 4) is 11.8 Å². The maximum atomic E-state index is 12.1. The first-order valence-electron chi connectivity index (χ1n) is 6.47. The van der Waals surface area contributed by atoms with Crippen molar-refractivity contribution in [1.29, 1.82) is 0 Å². The highest BCUT2D eigenvalue weighted by atomic mass is 32.1. The topological polar surface area (TPSA) is 84.2 Å². The van der Waals surface area contributed by atoms with Gasteiger partial charge in [-0.3, -0.25) is 9.59 Å². The Morgan fingerprint density at radius 1 is 1.65 bits per heavy atom. The number of nitrogens with one attached hydrogen (secondary N) is 2. The zero-order valence-electron chi connectivity index (χ0n) is 11.3. The second-order valence-electron chi connectivity index (χ2n) is 4.64. The van der Waals surface area contributed by atoms with Crippen LogP contribution in [-0.4, -0.2) is 30.9 Å². The zero-order chi connectivity index (χ0) is 14.5. The first-order chi connectivity index (χ1) is 9.60. The summed E-state index contributed by atoms with van der Waals surface area (Å²) in [5.74, 6) is 5.69. The molecule has 1 aliphatic heterocycles. The summed E-state index contributed by atoms with van der Waals surface area (Å²) in [7, 11) is 0. The van der Waals surface area contributed by atoms with Gasteiger partial charge < -0.3 is 16.4 Å². The summed E-state index contributed by atoms with van der Waals surface area (Å²) < 4.78 is 0. The van der Waals surface area contributed by atoms with E-state index in [-0.39, 0.29) is 17.9 Å². The average molecular weight is 291 g/mol. The Morgan fingerprint density at radius 2 is 2.45 bits per heavy atom. The first kappa shape index (κ1) is 14.6.